The number of unbranched alkanes of at least 4 members (excludes halogenated alkanes) is 1. The summed E-state index contributed by atoms with van der Waals surface area (Å²) in [6.07, 6.45) is 8.27. The van der Waals surface area contributed by atoms with Gasteiger partial charge in [-0.3, -0.25) is 0 Å². The number of nitrogens with one attached hydrogen (secondary N) is 1. The molecular formula is C34H41ClN2O5. The summed E-state index contributed by atoms with van der Waals surface area (Å²) < 4.78 is 24.6. The highest BCUT2D eigenvalue weighted by molar-refractivity contribution is 6.30. The second kappa shape index (κ2) is 15.2. The molecule has 1 fully saturated rings. The standard InChI is InChI=1S/C34H41ClN2O5/c1-2-3-17-41-32-22-28(39-18-6-16-38)20-30-33(32)37-34(36-30)29-14-13-27(21-31(29)42-23-25-7-4-5-8-25)40-19-15-24-9-11-26(35)12-10-24/h9-14,20-22,25,38H,2-8,15-19,23H2,1H3,(H,36,37). The van der Waals surface area contributed by atoms with E-state index in [-0.39, 0.29) is 6.61 Å². The number of hydrogen-bond donors (Lipinski definition) is 2. The lowest BCUT2D eigenvalue weighted by Crippen LogP contribution is -2.09. The predicted octanol–water partition coefficient (Wildman–Crippen LogP) is 8.01. The lowest BCUT2D eigenvalue weighted by Gasteiger charge is -2.15. The molecule has 0 unspecified atom stereocenters. The molecular weight excluding hydrogens is 552 g/mol. The number of benzene rings is 3. The van der Waals surface area contributed by atoms with Gasteiger partial charge in [-0.15, -0.1) is 0 Å². The molecule has 0 aliphatic heterocycles. The van der Waals surface area contributed by atoms with Gasteiger partial charge >= 0.3 is 0 Å². The summed E-state index contributed by atoms with van der Waals surface area (Å²) >= 11 is 6.02. The van der Waals surface area contributed by atoms with E-state index in [2.05, 4.69) is 11.9 Å². The first-order valence-electron chi connectivity index (χ1n) is 15.2. The zero-order valence-electron chi connectivity index (χ0n) is 24.4. The van der Waals surface area contributed by atoms with E-state index in [4.69, 9.17) is 40.6 Å². The third-order valence-corrected chi connectivity index (χ3v) is 7.83. The van der Waals surface area contributed by atoms with Crippen molar-refractivity contribution in [1.29, 1.82) is 0 Å². The van der Waals surface area contributed by atoms with Gasteiger partial charge in [-0.2, -0.15) is 0 Å². The Morgan fingerprint density at radius 3 is 2.40 bits per heavy atom. The van der Waals surface area contributed by atoms with Gasteiger partial charge in [0.05, 0.1) is 37.5 Å². The molecule has 1 saturated carbocycles. The SMILES string of the molecule is CCCCOc1cc(OCCCO)cc2[nH]c(-c3ccc(OCCc4ccc(Cl)cc4)cc3OCC3CCCC3)nc12. The maximum absolute atomic E-state index is 9.16. The lowest BCUT2D eigenvalue weighted by atomic mass is 10.1. The van der Waals surface area contributed by atoms with Crippen molar-refractivity contribution < 1.29 is 24.1 Å². The molecule has 0 atom stereocenters. The van der Waals surface area contributed by atoms with E-state index < -0.39 is 0 Å². The van der Waals surface area contributed by atoms with Gasteiger partial charge in [0.2, 0.25) is 0 Å². The number of halogens is 1. The van der Waals surface area contributed by atoms with E-state index in [9.17, 15) is 0 Å². The molecule has 1 aliphatic rings. The fraction of sp³-hybridized carbons (Fsp3) is 0.441. The van der Waals surface area contributed by atoms with E-state index >= 15 is 0 Å². The third-order valence-electron chi connectivity index (χ3n) is 7.58. The number of rotatable bonds is 16. The van der Waals surface area contributed by atoms with E-state index in [1.165, 1.54) is 31.2 Å². The number of H-pyrrole nitrogens is 1. The van der Waals surface area contributed by atoms with Gasteiger partial charge in [-0.05, 0) is 55.0 Å². The minimum absolute atomic E-state index is 0.0841. The molecule has 224 valence electrons. The van der Waals surface area contributed by atoms with E-state index in [1.807, 2.05) is 54.6 Å². The zero-order valence-corrected chi connectivity index (χ0v) is 25.1. The van der Waals surface area contributed by atoms with Crippen LogP contribution >= 0.6 is 11.6 Å². The van der Waals surface area contributed by atoms with Gasteiger partial charge in [0.15, 0.2) is 5.75 Å². The fourth-order valence-electron chi connectivity index (χ4n) is 5.19. The maximum atomic E-state index is 9.16. The Labute approximate surface area is 253 Å². The van der Waals surface area contributed by atoms with Gasteiger partial charge in [0.25, 0.3) is 0 Å². The van der Waals surface area contributed by atoms with E-state index in [0.29, 0.717) is 56.1 Å². The van der Waals surface area contributed by atoms with Crippen LogP contribution in [-0.4, -0.2) is 48.1 Å². The minimum atomic E-state index is 0.0841. The highest BCUT2D eigenvalue weighted by Gasteiger charge is 2.20. The van der Waals surface area contributed by atoms with E-state index in [1.54, 1.807) is 0 Å². The van der Waals surface area contributed by atoms with Gasteiger partial charge in [0.1, 0.15) is 28.6 Å². The van der Waals surface area contributed by atoms with Crippen LogP contribution in [0.4, 0.5) is 0 Å². The Morgan fingerprint density at radius 1 is 0.857 bits per heavy atom. The molecule has 5 rings (SSSR count). The van der Waals surface area contributed by atoms with Crippen LogP contribution in [0.1, 0.15) is 57.4 Å². The van der Waals surface area contributed by atoms with Crippen molar-refractivity contribution >= 4 is 22.6 Å². The Morgan fingerprint density at radius 2 is 1.62 bits per heavy atom. The Balaban J connectivity index is 1.40. The monoisotopic (exact) mass is 592 g/mol. The number of hydrogen-bond acceptors (Lipinski definition) is 6. The number of aromatic nitrogens is 2. The minimum Gasteiger partial charge on any atom is -0.493 e. The number of ether oxygens (including phenoxy) is 4. The highest BCUT2D eigenvalue weighted by Crippen LogP contribution is 2.37. The average Bonchev–Trinajstić information content (AvgIpc) is 3.68. The molecule has 1 aliphatic carbocycles. The van der Waals surface area contributed by atoms with Crippen LogP contribution in [0.3, 0.4) is 0 Å². The van der Waals surface area contributed by atoms with Crippen LogP contribution in [0, 0.1) is 5.92 Å². The van der Waals surface area contributed by atoms with Crippen molar-refractivity contribution in [1.82, 2.24) is 9.97 Å². The Hall–Kier alpha value is -3.42. The normalized spacial score (nSPS) is 13.5. The molecule has 3 aromatic carbocycles. The van der Waals surface area contributed by atoms with Crippen LogP contribution in [-0.2, 0) is 6.42 Å². The second-order valence-electron chi connectivity index (χ2n) is 10.9. The topological polar surface area (TPSA) is 85.8 Å². The highest BCUT2D eigenvalue weighted by atomic mass is 35.5. The first-order chi connectivity index (χ1) is 20.6. The maximum Gasteiger partial charge on any atom is 0.150 e. The van der Waals surface area contributed by atoms with Crippen LogP contribution in [0.25, 0.3) is 22.4 Å². The summed E-state index contributed by atoms with van der Waals surface area (Å²) in [4.78, 5) is 8.45. The van der Waals surface area contributed by atoms with Crippen molar-refractivity contribution in [3.8, 4) is 34.4 Å². The summed E-state index contributed by atoms with van der Waals surface area (Å²) in [6.45, 7) is 4.47. The molecule has 0 amide bonds. The number of aromatic amines is 1. The van der Waals surface area contributed by atoms with Crippen LogP contribution in [0.15, 0.2) is 54.6 Å². The zero-order chi connectivity index (χ0) is 29.1. The van der Waals surface area contributed by atoms with E-state index in [0.717, 1.165) is 52.4 Å². The van der Waals surface area contributed by atoms with Crippen molar-refractivity contribution in [2.75, 3.05) is 33.0 Å². The fourth-order valence-corrected chi connectivity index (χ4v) is 5.32. The van der Waals surface area contributed by atoms with Gasteiger partial charge in [0, 0.05) is 42.7 Å². The second-order valence-corrected chi connectivity index (χ2v) is 11.3. The van der Waals surface area contributed by atoms with Crippen molar-refractivity contribution in [2.24, 2.45) is 5.92 Å². The first-order valence-corrected chi connectivity index (χ1v) is 15.6. The Bertz CT molecular complexity index is 1420. The molecule has 0 saturated heterocycles. The average molecular weight is 593 g/mol. The van der Waals surface area contributed by atoms with Crippen molar-refractivity contribution in [3.05, 3.63) is 65.2 Å². The number of imidazole rings is 1. The molecule has 42 heavy (non-hydrogen) atoms. The predicted molar refractivity (Wildman–Crippen MR) is 167 cm³/mol. The molecule has 0 bridgehead atoms. The quantitative estimate of drug-likeness (QED) is 0.128. The molecule has 0 radical (unpaired) electrons. The first kappa shape index (κ1) is 30.1. The van der Waals surface area contributed by atoms with Crippen LogP contribution in [0.5, 0.6) is 23.0 Å². The molecule has 1 aromatic heterocycles. The molecule has 2 N–H and O–H groups in total. The van der Waals surface area contributed by atoms with Crippen molar-refractivity contribution in [2.45, 2.75) is 58.3 Å². The molecule has 4 aromatic rings. The summed E-state index contributed by atoms with van der Waals surface area (Å²) in [5, 5.41) is 9.90. The summed E-state index contributed by atoms with van der Waals surface area (Å²) in [5.41, 5.74) is 3.62. The summed E-state index contributed by atoms with van der Waals surface area (Å²) in [6, 6.07) is 17.6. The van der Waals surface area contributed by atoms with Crippen LogP contribution in [0.2, 0.25) is 5.02 Å². The van der Waals surface area contributed by atoms with Crippen LogP contribution < -0.4 is 18.9 Å². The summed E-state index contributed by atoms with van der Waals surface area (Å²) in [5.74, 6) is 4.14. The largest absolute Gasteiger partial charge is 0.493 e. The van der Waals surface area contributed by atoms with Gasteiger partial charge in [-0.1, -0.05) is 49.9 Å². The molecule has 0 spiro atoms. The molecule has 8 heteroatoms. The molecule has 7 nitrogen and oxygen atoms in total. The smallest absolute Gasteiger partial charge is 0.150 e. The van der Waals surface area contributed by atoms with Gasteiger partial charge in [-0.25, -0.2) is 4.98 Å². The van der Waals surface area contributed by atoms with Gasteiger partial charge < -0.3 is 29.0 Å². The molecule has 1 heterocycles. The lowest BCUT2D eigenvalue weighted by molar-refractivity contribution is 0.233. The Kier molecular flexibility index (Phi) is 10.9. The number of aliphatic hydroxyl groups excluding tert-OH is 1. The third kappa shape index (κ3) is 8.11. The number of aliphatic hydroxyl groups is 1. The number of nitrogens with zero attached hydrogens (tertiary/aromatic N) is 1. The number of fused-ring (bicyclic) bond motifs is 1. The summed E-state index contributed by atoms with van der Waals surface area (Å²) in [7, 11) is 0. The van der Waals surface area contributed by atoms with Crippen molar-refractivity contribution in [3.63, 3.8) is 0 Å².